The summed E-state index contributed by atoms with van der Waals surface area (Å²) in [5, 5.41) is 8.64. The van der Waals surface area contributed by atoms with Gasteiger partial charge in [-0.25, -0.2) is 9.97 Å². The summed E-state index contributed by atoms with van der Waals surface area (Å²) in [6, 6.07) is 3.84. The molecule has 0 saturated heterocycles. The van der Waals surface area contributed by atoms with Gasteiger partial charge in [-0.2, -0.15) is 5.10 Å². The Kier molecular flexibility index (Phi) is 5.06. The van der Waals surface area contributed by atoms with Crippen LogP contribution >= 0.6 is 0 Å². The van der Waals surface area contributed by atoms with E-state index >= 15 is 0 Å². The van der Waals surface area contributed by atoms with E-state index in [4.69, 9.17) is 9.72 Å². The number of aryl methyl sites for hydroxylation is 1. The molecule has 0 unspecified atom stereocenters. The molecule has 0 aliphatic heterocycles. The van der Waals surface area contributed by atoms with Crippen LogP contribution in [0.15, 0.2) is 30.7 Å². The molecule has 0 aromatic carbocycles. The Morgan fingerprint density at radius 2 is 2.08 bits per heavy atom. The molecule has 136 valence electrons. The summed E-state index contributed by atoms with van der Waals surface area (Å²) >= 11 is 0. The van der Waals surface area contributed by atoms with Gasteiger partial charge in [0.05, 0.1) is 24.3 Å². The molecule has 0 bridgehead atoms. The zero-order valence-corrected chi connectivity index (χ0v) is 15.1. The van der Waals surface area contributed by atoms with Crippen molar-refractivity contribution in [2.45, 2.75) is 38.2 Å². The highest BCUT2D eigenvalue weighted by Crippen LogP contribution is 2.24. The van der Waals surface area contributed by atoms with Gasteiger partial charge < -0.3 is 10.1 Å². The fourth-order valence-corrected chi connectivity index (χ4v) is 3.41. The van der Waals surface area contributed by atoms with Crippen LogP contribution < -0.4 is 5.32 Å². The van der Waals surface area contributed by atoms with Gasteiger partial charge in [0.1, 0.15) is 5.82 Å². The first-order valence-electron chi connectivity index (χ1n) is 9.27. The zero-order valence-electron chi connectivity index (χ0n) is 15.1. The van der Waals surface area contributed by atoms with Crippen LogP contribution in [0.4, 0.5) is 5.82 Å². The Balaban J connectivity index is 1.50. The van der Waals surface area contributed by atoms with E-state index in [2.05, 4.69) is 20.4 Å². The molecule has 0 atom stereocenters. The monoisotopic (exact) mass is 352 g/mol. The number of fused-ring (bicyclic) bond motifs is 1. The Morgan fingerprint density at radius 3 is 2.88 bits per heavy atom. The highest BCUT2D eigenvalue weighted by molar-refractivity contribution is 5.88. The Bertz CT molecular complexity index is 857. The number of hydrogen-bond acceptors (Lipinski definition) is 6. The summed E-state index contributed by atoms with van der Waals surface area (Å²) < 4.78 is 7.76. The summed E-state index contributed by atoms with van der Waals surface area (Å²) in [4.78, 5) is 13.5. The van der Waals surface area contributed by atoms with Gasteiger partial charge in [-0.3, -0.25) is 9.67 Å². The maximum atomic E-state index is 6.00. The first-order chi connectivity index (χ1) is 12.8. The van der Waals surface area contributed by atoms with Crippen LogP contribution in [0, 0.1) is 0 Å². The average molecular weight is 352 g/mol. The number of ether oxygens (including phenoxy) is 1. The van der Waals surface area contributed by atoms with Gasteiger partial charge in [-0.15, -0.1) is 0 Å². The van der Waals surface area contributed by atoms with E-state index in [0.717, 1.165) is 22.4 Å². The molecular formula is C19H24N6O. The number of hydrogen-bond donors (Lipinski definition) is 1. The van der Waals surface area contributed by atoms with Crippen LogP contribution in [0.2, 0.25) is 0 Å². The number of pyridine rings is 1. The van der Waals surface area contributed by atoms with E-state index < -0.39 is 0 Å². The lowest BCUT2D eigenvalue weighted by atomic mass is 9.98. The Labute approximate surface area is 152 Å². The molecule has 3 heterocycles. The molecule has 26 heavy (non-hydrogen) atoms. The first-order valence-corrected chi connectivity index (χ1v) is 9.27. The van der Waals surface area contributed by atoms with Crippen LogP contribution in [0.3, 0.4) is 0 Å². The van der Waals surface area contributed by atoms with Crippen molar-refractivity contribution in [1.82, 2.24) is 24.7 Å². The highest BCUT2D eigenvalue weighted by atomic mass is 16.5. The smallest absolute Gasteiger partial charge is 0.165 e. The lowest BCUT2D eigenvalue weighted by Crippen LogP contribution is -2.20. The summed E-state index contributed by atoms with van der Waals surface area (Å²) in [5.74, 6) is 1.43. The molecule has 7 heteroatoms. The highest BCUT2D eigenvalue weighted by Gasteiger charge is 2.15. The second-order valence-electron chi connectivity index (χ2n) is 6.70. The molecule has 7 nitrogen and oxygen atoms in total. The molecule has 4 rings (SSSR count). The van der Waals surface area contributed by atoms with Crippen molar-refractivity contribution >= 4 is 16.9 Å². The standard InChI is InChI=1S/C19H24N6O/c1-25-19-16(13-22-25)18(21-10-11-26-15-7-3-2-4-8-15)23-17(24-19)14-6-5-9-20-12-14/h5-6,9,12-13,15H,2-4,7-8,10-11H2,1H3,(H,21,23,24). The molecule has 0 spiro atoms. The number of nitrogens with zero attached hydrogens (tertiary/aromatic N) is 5. The van der Waals surface area contributed by atoms with Crippen LogP contribution in [-0.4, -0.2) is 44.0 Å². The van der Waals surface area contributed by atoms with Gasteiger partial charge in [-0.05, 0) is 25.0 Å². The predicted molar refractivity (Wildman–Crippen MR) is 101 cm³/mol. The van der Waals surface area contributed by atoms with Crippen LogP contribution in [0.1, 0.15) is 32.1 Å². The van der Waals surface area contributed by atoms with Crippen molar-refractivity contribution in [1.29, 1.82) is 0 Å². The van der Waals surface area contributed by atoms with Crippen LogP contribution in [0.25, 0.3) is 22.4 Å². The third kappa shape index (κ3) is 3.67. The summed E-state index contributed by atoms with van der Waals surface area (Å²) in [5.41, 5.74) is 1.69. The molecule has 0 radical (unpaired) electrons. The van der Waals surface area contributed by atoms with E-state index in [1.165, 1.54) is 32.1 Å². The quantitative estimate of drug-likeness (QED) is 0.687. The second-order valence-corrected chi connectivity index (χ2v) is 6.70. The van der Waals surface area contributed by atoms with Crippen molar-refractivity contribution in [2.75, 3.05) is 18.5 Å². The number of rotatable bonds is 6. The minimum atomic E-state index is 0.417. The average Bonchev–Trinajstić information content (AvgIpc) is 3.08. The molecule has 3 aromatic rings. The van der Waals surface area contributed by atoms with Crippen LogP contribution in [0.5, 0.6) is 0 Å². The largest absolute Gasteiger partial charge is 0.376 e. The first kappa shape index (κ1) is 16.9. The number of nitrogens with one attached hydrogen (secondary N) is 1. The van der Waals surface area contributed by atoms with Crippen molar-refractivity contribution in [2.24, 2.45) is 7.05 Å². The predicted octanol–water partition coefficient (Wildman–Crippen LogP) is 3.19. The minimum Gasteiger partial charge on any atom is -0.376 e. The lowest BCUT2D eigenvalue weighted by Gasteiger charge is -2.22. The van der Waals surface area contributed by atoms with E-state index in [9.17, 15) is 0 Å². The number of aromatic nitrogens is 5. The Morgan fingerprint density at radius 1 is 1.19 bits per heavy atom. The van der Waals surface area contributed by atoms with Crippen molar-refractivity contribution in [3.05, 3.63) is 30.7 Å². The second kappa shape index (κ2) is 7.78. The fraction of sp³-hybridized carbons (Fsp3) is 0.474. The maximum absolute atomic E-state index is 6.00. The summed E-state index contributed by atoms with van der Waals surface area (Å²) in [6.07, 6.45) is 12.0. The molecule has 1 aliphatic carbocycles. The van der Waals surface area contributed by atoms with E-state index in [1.807, 2.05) is 19.2 Å². The van der Waals surface area contributed by atoms with Gasteiger partial charge in [0.2, 0.25) is 0 Å². The molecule has 1 fully saturated rings. The zero-order chi connectivity index (χ0) is 17.8. The maximum Gasteiger partial charge on any atom is 0.165 e. The third-order valence-corrected chi connectivity index (χ3v) is 4.81. The lowest BCUT2D eigenvalue weighted by molar-refractivity contribution is 0.0347. The van der Waals surface area contributed by atoms with Gasteiger partial charge in [0.25, 0.3) is 0 Å². The van der Waals surface area contributed by atoms with Crippen molar-refractivity contribution in [3.63, 3.8) is 0 Å². The van der Waals surface area contributed by atoms with Gasteiger partial charge in [0, 0.05) is 31.5 Å². The fourth-order valence-electron chi connectivity index (χ4n) is 3.41. The summed E-state index contributed by atoms with van der Waals surface area (Å²) in [7, 11) is 1.89. The topological polar surface area (TPSA) is 77.8 Å². The molecule has 1 aliphatic rings. The van der Waals surface area contributed by atoms with Crippen molar-refractivity contribution in [3.8, 4) is 11.4 Å². The molecule has 1 saturated carbocycles. The SMILES string of the molecule is Cn1ncc2c(NCCOC3CCCCC3)nc(-c3cccnc3)nc21. The van der Waals surface area contributed by atoms with E-state index in [1.54, 1.807) is 23.3 Å². The Hall–Kier alpha value is -2.54. The van der Waals surface area contributed by atoms with E-state index in [0.29, 0.717) is 25.1 Å². The molecule has 1 N–H and O–H groups in total. The molecular weight excluding hydrogens is 328 g/mol. The molecule has 3 aromatic heterocycles. The third-order valence-electron chi connectivity index (χ3n) is 4.81. The van der Waals surface area contributed by atoms with Crippen LogP contribution in [-0.2, 0) is 11.8 Å². The normalized spacial score (nSPS) is 15.4. The van der Waals surface area contributed by atoms with Gasteiger partial charge in [0.15, 0.2) is 11.5 Å². The molecule has 0 amide bonds. The van der Waals surface area contributed by atoms with Gasteiger partial charge >= 0.3 is 0 Å². The van der Waals surface area contributed by atoms with Crippen molar-refractivity contribution < 1.29 is 4.74 Å². The van der Waals surface area contributed by atoms with Gasteiger partial charge in [-0.1, -0.05) is 19.3 Å². The minimum absolute atomic E-state index is 0.417. The summed E-state index contributed by atoms with van der Waals surface area (Å²) in [6.45, 7) is 1.39. The van der Waals surface area contributed by atoms with E-state index in [-0.39, 0.29) is 0 Å². The number of anilines is 1.